The van der Waals surface area contributed by atoms with Crippen LogP contribution in [0.2, 0.25) is 0 Å². The van der Waals surface area contributed by atoms with Crippen LogP contribution in [0.3, 0.4) is 0 Å². The van der Waals surface area contributed by atoms with Gasteiger partial charge in [0.1, 0.15) is 18.2 Å². The topological polar surface area (TPSA) is 29.5 Å². The predicted octanol–water partition coefficient (Wildman–Crippen LogP) is 2.30. The van der Waals surface area contributed by atoms with E-state index in [4.69, 9.17) is 16.3 Å². The Bertz CT molecular complexity index is 369. The third kappa shape index (κ3) is 3.13. The maximum absolute atomic E-state index is 11.6. The number of hydrogen-bond donors (Lipinski definition) is 0. The van der Waals surface area contributed by atoms with Crippen molar-refractivity contribution in [2.24, 2.45) is 0 Å². The molecule has 0 unspecified atom stereocenters. The highest BCUT2D eigenvalue weighted by Crippen LogP contribution is 2.19. The quantitative estimate of drug-likeness (QED) is 0.771. The first-order valence-electron chi connectivity index (χ1n) is 5.84. The fourth-order valence-corrected chi connectivity index (χ4v) is 2.28. The number of halogens is 1. The number of likely N-dealkylation sites (tertiary alicyclic amines) is 1. The summed E-state index contributed by atoms with van der Waals surface area (Å²) in [5.41, 5.74) is 0. The summed E-state index contributed by atoms with van der Waals surface area (Å²) < 4.78 is 5.68. The van der Waals surface area contributed by atoms with Gasteiger partial charge in [-0.2, -0.15) is 0 Å². The van der Waals surface area contributed by atoms with E-state index in [1.807, 2.05) is 35.2 Å². The Labute approximate surface area is 106 Å². The van der Waals surface area contributed by atoms with E-state index in [2.05, 4.69) is 0 Å². The van der Waals surface area contributed by atoms with Gasteiger partial charge in [0.2, 0.25) is 5.91 Å². The summed E-state index contributed by atoms with van der Waals surface area (Å²) in [6, 6.07) is 9.83. The van der Waals surface area contributed by atoms with Crippen molar-refractivity contribution in [3.8, 4) is 5.75 Å². The van der Waals surface area contributed by atoms with Gasteiger partial charge in [-0.1, -0.05) is 18.2 Å². The molecule has 92 valence electrons. The van der Waals surface area contributed by atoms with E-state index in [0.717, 1.165) is 25.1 Å². The van der Waals surface area contributed by atoms with Crippen LogP contribution in [0, 0.1) is 0 Å². The fourth-order valence-electron chi connectivity index (χ4n) is 2.12. The second kappa shape index (κ2) is 5.92. The smallest absolute Gasteiger partial charge is 0.237 e. The van der Waals surface area contributed by atoms with Gasteiger partial charge < -0.3 is 9.64 Å². The molecule has 1 aliphatic heterocycles. The van der Waals surface area contributed by atoms with Crippen LogP contribution in [-0.2, 0) is 4.79 Å². The van der Waals surface area contributed by atoms with Crippen molar-refractivity contribution >= 4 is 17.5 Å². The second-order valence-electron chi connectivity index (χ2n) is 4.14. The van der Waals surface area contributed by atoms with E-state index in [9.17, 15) is 4.79 Å². The average Bonchev–Trinajstić information content (AvgIpc) is 2.85. The molecule has 1 saturated heterocycles. The standard InChI is InChI=1S/C13H16ClNO2/c14-9-13(16)15-8-4-5-11(15)10-17-12-6-2-1-3-7-12/h1-3,6-7,11H,4-5,8-10H2/t11-/m1/s1. The average molecular weight is 254 g/mol. The van der Waals surface area contributed by atoms with Gasteiger partial charge in [-0.25, -0.2) is 0 Å². The molecule has 17 heavy (non-hydrogen) atoms. The Kier molecular flexibility index (Phi) is 4.26. The number of carbonyl (C=O) groups excluding carboxylic acids is 1. The monoisotopic (exact) mass is 253 g/mol. The molecule has 3 nitrogen and oxygen atoms in total. The molecule has 2 rings (SSSR count). The molecule has 0 bridgehead atoms. The van der Waals surface area contributed by atoms with E-state index in [-0.39, 0.29) is 17.8 Å². The second-order valence-corrected chi connectivity index (χ2v) is 4.41. The molecule has 1 amide bonds. The molecule has 0 spiro atoms. The van der Waals surface area contributed by atoms with Crippen molar-refractivity contribution in [3.05, 3.63) is 30.3 Å². The Morgan fingerprint density at radius 1 is 1.41 bits per heavy atom. The zero-order valence-electron chi connectivity index (χ0n) is 9.64. The predicted molar refractivity (Wildman–Crippen MR) is 67.4 cm³/mol. The van der Waals surface area contributed by atoms with Crippen LogP contribution in [0.15, 0.2) is 30.3 Å². The molecule has 0 radical (unpaired) electrons. The minimum Gasteiger partial charge on any atom is -0.491 e. The number of carbonyl (C=O) groups is 1. The number of nitrogens with zero attached hydrogens (tertiary/aromatic N) is 1. The van der Waals surface area contributed by atoms with Gasteiger partial charge in [-0.05, 0) is 25.0 Å². The van der Waals surface area contributed by atoms with Crippen LogP contribution < -0.4 is 4.74 Å². The number of benzene rings is 1. The zero-order valence-corrected chi connectivity index (χ0v) is 10.4. The van der Waals surface area contributed by atoms with Gasteiger partial charge in [0.05, 0.1) is 6.04 Å². The first-order chi connectivity index (χ1) is 8.31. The SMILES string of the molecule is O=C(CCl)N1CCC[C@@H]1COc1ccccc1. The summed E-state index contributed by atoms with van der Waals surface area (Å²) in [7, 11) is 0. The lowest BCUT2D eigenvalue weighted by Crippen LogP contribution is -2.39. The van der Waals surface area contributed by atoms with E-state index in [1.165, 1.54) is 0 Å². The molecule has 0 aromatic heterocycles. The van der Waals surface area contributed by atoms with Crippen molar-refractivity contribution < 1.29 is 9.53 Å². The Morgan fingerprint density at radius 2 is 2.18 bits per heavy atom. The number of alkyl halides is 1. The first kappa shape index (κ1) is 12.2. The summed E-state index contributed by atoms with van der Waals surface area (Å²) in [6.45, 7) is 1.35. The maximum Gasteiger partial charge on any atom is 0.237 e. The molecule has 1 heterocycles. The molecule has 4 heteroatoms. The molecular weight excluding hydrogens is 238 g/mol. The van der Waals surface area contributed by atoms with Crippen molar-refractivity contribution in [1.29, 1.82) is 0 Å². The van der Waals surface area contributed by atoms with E-state index in [1.54, 1.807) is 0 Å². The lowest BCUT2D eigenvalue weighted by molar-refractivity contribution is -0.129. The molecule has 1 aliphatic rings. The molecule has 1 fully saturated rings. The van der Waals surface area contributed by atoms with Gasteiger partial charge in [0.25, 0.3) is 0 Å². The highest BCUT2D eigenvalue weighted by atomic mass is 35.5. The number of rotatable bonds is 4. The Morgan fingerprint density at radius 3 is 2.88 bits per heavy atom. The third-order valence-electron chi connectivity index (χ3n) is 3.00. The molecule has 0 saturated carbocycles. The summed E-state index contributed by atoms with van der Waals surface area (Å²) in [6.07, 6.45) is 2.03. The normalized spacial score (nSPS) is 19.4. The Hall–Kier alpha value is -1.22. The third-order valence-corrected chi connectivity index (χ3v) is 3.23. The van der Waals surface area contributed by atoms with Crippen molar-refractivity contribution in [1.82, 2.24) is 4.90 Å². The van der Waals surface area contributed by atoms with E-state index < -0.39 is 0 Å². The molecule has 0 aliphatic carbocycles. The van der Waals surface area contributed by atoms with Crippen LogP contribution in [0.5, 0.6) is 5.75 Å². The number of para-hydroxylation sites is 1. The summed E-state index contributed by atoms with van der Waals surface area (Å²) in [5.74, 6) is 0.908. The molecular formula is C13H16ClNO2. The fraction of sp³-hybridized carbons (Fsp3) is 0.462. The Balaban J connectivity index is 1.88. The van der Waals surface area contributed by atoms with Gasteiger partial charge in [-0.3, -0.25) is 4.79 Å². The van der Waals surface area contributed by atoms with Gasteiger partial charge >= 0.3 is 0 Å². The summed E-state index contributed by atoms with van der Waals surface area (Å²) in [4.78, 5) is 13.4. The van der Waals surface area contributed by atoms with Crippen LogP contribution in [0.4, 0.5) is 0 Å². The number of ether oxygens (including phenoxy) is 1. The van der Waals surface area contributed by atoms with Crippen LogP contribution in [0.25, 0.3) is 0 Å². The highest BCUT2D eigenvalue weighted by Gasteiger charge is 2.28. The first-order valence-corrected chi connectivity index (χ1v) is 6.38. The highest BCUT2D eigenvalue weighted by molar-refractivity contribution is 6.27. The van der Waals surface area contributed by atoms with Crippen molar-refractivity contribution in [2.45, 2.75) is 18.9 Å². The van der Waals surface area contributed by atoms with Crippen molar-refractivity contribution in [3.63, 3.8) is 0 Å². The van der Waals surface area contributed by atoms with Gasteiger partial charge in [0, 0.05) is 6.54 Å². The molecule has 0 N–H and O–H groups in total. The summed E-state index contributed by atoms with van der Waals surface area (Å²) >= 11 is 5.58. The number of hydrogen-bond acceptors (Lipinski definition) is 2. The largest absolute Gasteiger partial charge is 0.491 e. The molecule has 1 aromatic carbocycles. The summed E-state index contributed by atoms with van der Waals surface area (Å²) in [5, 5.41) is 0. The van der Waals surface area contributed by atoms with Crippen LogP contribution in [-0.4, -0.2) is 35.9 Å². The minimum atomic E-state index is 0.00540. The van der Waals surface area contributed by atoms with Gasteiger partial charge in [0.15, 0.2) is 0 Å². The van der Waals surface area contributed by atoms with Crippen molar-refractivity contribution in [2.75, 3.05) is 19.0 Å². The van der Waals surface area contributed by atoms with Gasteiger partial charge in [-0.15, -0.1) is 11.6 Å². The lowest BCUT2D eigenvalue weighted by atomic mass is 10.2. The maximum atomic E-state index is 11.6. The van der Waals surface area contributed by atoms with E-state index in [0.29, 0.717) is 6.61 Å². The minimum absolute atomic E-state index is 0.00540. The van der Waals surface area contributed by atoms with E-state index >= 15 is 0 Å². The van der Waals surface area contributed by atoms with Crippen LogP contribution >= 0.6 is 11.6 Å². The van der Waals surface area contributed by atoms with Crippen LogP contribution in [0.1, 0.15) is 12.8 Å². The lowest BCUT2D eigenvalue weighted by Gasteiger charge is -2.23. The number of amides is 1. The molecule has 1 atom stereocenters. The molecule has 1 aromatic rings. The zero-order chi connectivity index (χ0) is 12.1.